The molecule has 1 aromatic heterocycles. The van der Waals surface area contributed by atoms with Gasteiger partial charge in [0.15, 0.2) is 11.8 Å². The van der Waals surface area contributed by atoms with Crippen LogP contribution in [0.15, 0.2) is 47.1 Å². The van der Waals surface area contributed by atoms with Crippen molar-refractivity contribution in [1.29, 1.82) is 0 Å². The first-order valence-corrected chi connectivity index (χ1v) is 9.08. The summed E-state index contributed by atoms with van der Waals surface area (Å²) < 4.78 is 24.0. The average Bonchev–Trinajstić information content (AvgIpc) is 3.35. The number of anilines is 1. The van der Waals surface area contributed by atoms with Gasteiger partial charge in [0, 0.05) is 6.92 Å². The highest BCUT2D eigenvalue weighted by atomic mass is 19.1. The zero-order chi connectivity index (χ0) is 20.1. The number of rotatable bonds is 4. The van der Waals surface area contributed by atoms with Crippen molar-refractivity contribution in [2.75, 3.05) is 11.5 Å². The smallest absolute Gasteiger partial charge is 0.368 e. The van der Waals surface area contributed by atoms with Crippen molar-refractivity contribution in [2.45, 2.75) is 25.4 Å². The van der Waals surface area contributed by atoms with Gasteiger partial charge in [-0.05, 0) is 43.3 Å². The lowest BCUT2D eigenvalue weighted by Gasteiger charge is -2.25. The Kier molecular flexibility index (Phi) is 4.30. The van der Waals surface area contributed by atoms with E-state index in [2.05, 4.69) is 0 Å². The second kappa shape index (κ2) is 6.56. The maximum atomic E-state index is 13.3. The molecule has 0 radical (unpaired) electrons. The molecular formula is C20H20FN2O5+. The molecule has 2 aliphatic heterocycles. The standard InChI is InChI=1S/C20H19FN2O5/c1-3-27-19(26)20(2)15-14(16(22-20)13-5-4-10-28-13)17(24)23(18(15)25)12-8-6-11(21)7-9-12/h4-10,14-16,22H,3H2,1-2H3/p+1/t14-,15-,16-,20+/m0/s1. The fraction of sp³-hybridized carbons (Fsp3) is 0.350. The SMILES string of the molecule is CCOC(=O)[C@]1(C)[NH2+][C@@H](c2ccco2)[C@H]2C(=O)N(c3ccc(F)cc3)C(=O)[C@H]21. The predicted molar refractivity (Wildman–Crippen MR) is 94.3 cm³/mol. The van der Waals surface area contributed by atoms with Crippen molar-refractivity contribution in [3.05, 3.63) is 54.2 Å². The van der Waals surface area contributed by atoms with Gasteiger partial charge in [-0.3, -0.25) is 9.59 Å². The summed E-state index contributed by atoms with van der Waals surface area (Å²) >= 11 is 0. The summed E-state index contributed by atoms with van der Waals surface area (Å²) in [6.45, 7) is 3.46. The number of fused-ring (bicyclic) bond motifs is 1. The van der Waals surface area contributed by atoms with Crippen LogP contribution in [0.5, 0.6) is 0 Å². The van der Waals surface area contributed by atoms with E-state index in [1.54, 1.807) is 31.3 Å². The van der Waals surface area contributed by atoms with E-state index in [4.69, 9.17) is 9.15 Å². The molecule has 0 aliphatic carbocycles. The molecule has 146 valence electrons. The number of benzene rings is 1. The van der Waals surface area contributed by atoms with E-state index in [0.29, 0.717) is 5.76 Å². The van der Waals surface area contributed by atoms with Crippen molar-refractivity contribution in [1.82, 2.24) is 0 Å². The van der Waals surface area contributed by atoms with E-state index in [1.807, 2.05) is 0 Å². The number of quaternary nitrogens is 1. The number of nitrogens with two attached hydrogens (primary N) is 1. The molecule has 2 fully saturated rings. The van der Waals surface area contributed by atoms with Gasteiger partial charge in [0.1, 0.15) is 17.7 Å². The molecule has 2 N–H and O–H groups in total. The number of carbonyl (C=O) groups excluding carboxylic acids is 3. The molecule has 7 nitrogen and oxygen atoms in total. The second-order valence-corrected chi connectivity index (χ2v) is 7.20. The molecule has 0 unspecified atom stereocenters. The number of nitrogens with zero attached hydrogens (tertiary/aromatic N) is 1. The topological polar surface area (TPSA) is 93.4 Å². The number of ether oxygens (including phenoxy) is 1. The molecule has 2 aliphatic rings. The van der Waals surface area contributed by atoms with Crippen LogP contribution in [0.2, 0.25) is 0 Å². The lowest BCUT2D eigenvalue weighted by atomic mass is 9.81. The van der Waals surface area contributed by atoms with Crippen LogP contribution in [-0.2, 0) is 19.1 Å². The molecule has 1 aromatic carbocycles. The molecule has 4 rings (SSSR count). The largest absolute Gasteiger partial charge is 0.463 e. The van der Waals surface area contributed by atoms with Crippen molar-refractivity contribution in [3.8, 4) is 0 Å². The van der Waals surface area contributed by atoms with Gasteiger partial charge >= 0.3 is 5.97 Å². The minimum atomic E-state index is -1.28. The van der Waals surface area contributed by atoms with Gasteiger partial charge in [0.2, 0.25) is 17.4 Å². The highest BCUT2D eigenvalue weighted by Crippen LogP contribution is 2.45. The normalized spacial score (nSPS) is 29.2. The first-order chi connectivity index (χ1) is 13.4. The third-order valence-electron chi connectivity index (χ3n) is 5.58. The number of carbonyl (C=O) groups is 3. The lowest BCUT2D eigenvalue weighted by Crippen LogP contribution is -2.97. The van der Waals surface area contributed by atoms with Crippen molar-refractivity contribution >= 4 is 23.5 Å². The van der Waals surface area contributed by atoms with E-state index in [9.17, 15) is 18.8 Å². The van der Waals surface area contributed by atoms with Crippen LogP contribution in [0, 0.1) is 17.7 Å². The van der Waals surface area contributed by atoms with E-state index in [1.165, 1.54) is 30.5 Å². The fourth-order valence-electron chi connectivity index (χ4n) is 4.33. The molecule has 2 saturated heterocycles. The van der Waals surface area contributed by atoms with Gasteiger partial charge in [0.25, 0.3) is 0 Å². The molecule has 0 spiro atoms. The summed E-state index contributed by atoms with van der Waals surface area (Å²) in [6, 6.07) is 7.98. The molecule has 3 heterocycles. The van der Waals surface area contributed by atoms with Crippen LogP contribution in [0.3, 0.4) is 0 Å². The maximum Gasteiger partial charge on any atom is 0.368 e. The lowest BCUT2D eigenvalue weighted by molar-refractivity contribution is -0.732. The van der Waals surface area contributed by atoms with Crippen LogP contribution < -0.4 is 10.2 Å². The van der Waals surface area contributed by atoms with Crippen LogP contribution in [0.1, 0.15) is 25.6 Å². The molecule has 2 aromatic rings. The first-order valence-electron chi connectivity index (χ1n) is 9.08. The average molecular weight is 387 g/mol. The monoisotopic (exact) mass is 387 g/mol. The Morgan fingerprint density at radius 2 is 1.96 bits per heavy atom. The number of hydrogen-bond acceptors (Lipinski definition) is 5. The van der Waals surface area contributed by atoms with Crippen molar-refractivity contribution in [2.24, 2.45) is 11.8 Å². The van der Waals surface area contributed by atoms with Crippen LogP contribution in [-0.4, -0.2) is 29.9 Å². The van der Waals surface area contributed by atoms with Gasteiger partial charge in [0.05, 0.1) is 18.6 Å². The van der Waals surface area contributed by atoms with Crippen LogP contribution in [0.4, 0.5) is 10.1 Å². The summed E-state index contributed by atoms with van der Waals surface area (Å²) in [4.78, 5) is 40.3. The first kappa shape index (κ1) is 18.4. The van der Waals surface area contributed by atoms with Gasteiger partial charge in [-0.1, -0.05) is 0 Å². The minimum absolute atomic E-state index is 0.162. The Bertz CT molecular complexity index is 927. The second-order valence-electron chi connectivity index (χ2n) is 7.20. The Hall–Kier alpha value is -3.00. The molecule has 0 bridgehead atoms. The minimum Gasteiger partial charge on any atom is -0.463 e. The van der Waals surface area contributed by atoms with E-state index in [-0.39, 0.29) is 12.3 Å². The predicted octanol–water partition coefficient (Wildman–Crippen LogP) is 1.16. The van der Waals surface area contributed by atoms with Crippen molar-refractivity contribution < 1.29 is 33.2 Å². The number of imide groups is 1. The Labute approximate surface area is 160 Å². The Balaban J connectivity index is 1.80. The number of amides is 2. The van der Waals surface area contributed by atoms with Gasteiger partial charge in [-0.15, -0.1) is 0 Å². The third-order valence-corrected chi connectivity index (χ3v) is 5.58. The van der Waals surface area contributed by atoms with E-state index < -0.39 is 47.0 Å². The fourth-order valence-corrected chi connectivity index (χ4v) is 4.33. The Morgan fingerprint density at radius 3 is 2.57 bits per heavy atom. The Morgan fingerprint density at radius 1 is 1.25 bits per heavy atom. The highest BCUT2D eigenvalue weighted by Gasteiger charge is 2.71. The van der Waals surface area contributed by atoms with Gasteiger partial charge in [-0.2, -0.15) is 0 Å². The van der Waals surface area contributed by atoms with Gasteiger partial charge in [-0.25, -0.2) is 14.1 Å². The van der Waals surface area contributed by atoms with Crippen LogP contribution in [0.25, 0.3) is 0 Å². The number of halogens is 1. The zero-order valence-corrected chi connectivity index (χ0v) is 15.4. The van der Waals surface area contributed by atoms with Crippen molar-refractivity contribution in [3.63, 3.8) is 0 Å². The molecule has 2 amide bonds. The zero-order valence-electron chi connectivity index (χ0n) is 15.4. The molecule has 4 atom stereocenters. The number of esters is 1. The quantitative estimate of drug-likeness (QED) is 0.628. The van der Waals surface area contributed by atoms with Crippen LogP contribution >= 0.6 is 0 Å². The summed E-state index contributed by atoms with van der Waals surface area (Å²) in [5, 5.41) is 1.69. The summed E-state index contributed by atoms with van der Waals surface area (Å²) in [5.41, 5.74) is -1.00. The molecule has 8 heteroatoms. The molecule has 28 heavy (non-hydrogen) atoms. The molecule has 0 saturated carbocycles. The molecular weight excluding hydrogens is 367 g/mol. The highest BCUT2D eigenvalue weighted by molar-refractivity contribution is 6.23. The van der Waals surface area contributed by atoms with E-state index in [0.717, 1.165) is 4.90 Å². The summed E-state index contributed by atoms with van der Waals surface area (Å²) in [7, 11) is 0. The summed E-state index contributed by atoms with van der Waals surface area (Å²) in [6.07, 6.45) is 1.48. The number of furan rings is 1. The number of hydrogen-bond donors (Lipinski definition) is 1. The third kappa shape index (κ3) is 2.56. The van der Waals surface area contributed by atoms with E-state index >= 15 is 0 Å². The van der Waals surface area contributed by atoms with Gasteiger partial charge < -0.3 is 14.5 Å². The summed E-state index contributed by atoms with van der Waals surface area (Å²) in [5.74, 6) is -3.17. The maximum absolute atomic E-state index is 13.3.